The number of carbonyl (C=O) groups is 1. The number of nitrogens with zero attached hydrogens (tertiary/aromatic N) is 2. The molecule has 1 aliphatic heterocycles. The number of amides is 1. The van der Waals surface area contributed by atoms with Crippen LogP contribution in [0.5, 0.6) is 0 Å². The Bertz CT molecular complexity index is 1100. The Morgan fingerprint density at radius 3 is 2.48 bits per heavy atom. The molecule has 0 N–H and O–H groups in total. The summed E-state index contributed by atoms with van der Waals surface area (Å²) in [6.07, 6.45) is 1.86. The first-order valence-electron chi connectivity index (χ1n) is 9.44. The fourth-order valence-electron chi connectivity index (χ4n) is 3.85. The molecular formula is C24H18Cl2N2O. The van der Waals surface area contributed by atoms with E-state index < -0.39 is 0 Å². The minimum atomic E-state index is -0.00385. The van der Waals surface area contributed by atoms with Crippen molar-refractivity contribution >= 4 is 29.1 Å². The lowest BCUT2D eigenvalue weighted by Gasteiger charge is -2.26. The molecule has 0 unspecified atom stereocenters. The maximum atomic E-state index is 13.2. The van der Waals surface area contributed by atoms with E-state index in [9.17, 15) is 4.79 Å². The summed E-state index contributed by atoms with van der Waals surface area (Å²) in [5.74, 6) is -0.00385. The van der Waals surface area contributed by atoms with Crippen LogP contribution in [0.25, 0.3) is 11.1 Å². The Hall–Kier alpha value is -2.80. The van der Waals surface area contributed by atoms with E-state index in [4.69, 9.17) is 28.5 Å². The van der Waals surface area contributed by atoms with Crippen molar-refractivity contribution in [2.45, 2.75) is 18.9 Å². The molecule has 1 aliphatic rings. The van der Waals surface area contributed by atoms with E-state index in [-0.39, 0.29) is 11.9 Å². The Morgan fingerprint density at radius 1 is 1.00 bits per heavy atom. The molecule has 0 aliphatic carbocycles. The lowest BCUT2D eigenvalue weighted by atomic mass is 10.0. The van der Waals surface area contributed by atoms with Crippen LogP contribution in [0.2, 0.25) is 10.0 Å². The molecule has 5 heteroatoms. The van der Waals surface area contributed by atoms with Crippen LogP contribution < -0.4 is 0 Å². The third-order valence-corrected chi connectivity index (χ3v) is 5.99. The first kappa shape index (κ1) is 19.5. The van der Waals surface area contributed by atoms with Gasteiger partial charge in [-0.2, -0.15) is 5.26 Å². The summed E-state index contributed by atoms with van der Waals surface area (Å²) in [6.45, 7) is 0.715. The second-order valence-corrected chi connectivity index (χ2v) is 7.88. The summed E-state index contributed by atoms with van der Waals surface area (Å²) in [5.41, 5.74) is 3.81. The summed E-state index contributed by atoms with van der Waals surface area (Å²) >= 11 is 12.7. The van der Waals surface area contributed by atoms with Crippen molar-refractivity contribution in [1.29, 1.82) is 5.26 Å². The van der Waals surface area contributed by atoms with Crippen molar-refractivity contribution in [3.63, 3.8) is 0 Å². The molecule has 1 saturated heterocycles. The Morgan fingerprint density at radius 2 is 1.76 bits per heavy atom. The minimum Gasteiger partial charge on any atom is -0.332 e. The van der Waals surface area contributed by atoms with Crippen LogP contribution in [-0.4, -0.2) is 17.4 Å². The monoisotopic (exact) mass is 420 g/mol. The molecule has 0 spiro atoms. The molecule has 3 nitrogen and oxygen atoms in total. The fraction of sp³-hybridized carbons (Fsp3) is 0.167. The highest BCUT2D eigenvalue weighted by Gasteiger charge is 2.31. The van der Waals surface area contributed by atoms with Gasteiger partial charge in [0.1, 0.15) is 0 Å². The average Bonchev–Trinajstić information content (AvgIpc) is 3.24. The molecule has 144 valence electrons. The van der Waals surface area contributed by atoms with Crippen LogP contribution >= 0.6 is 23.2 Å². The van der Waals surface area contributed by atoms with Gasteiger partial charge in [0.15, 0.2) is 0 Å². The van der Waals surface area contributed by atoms with Gasteiger partial charge in [-0.05, 0) is 60.4 Å². The van der Waals surface area contributed by atoms with Gasteiger partial charge in [-0.1, -0.05) is 53.5 Å². The van der Waals surface area contributed by atoms with Gasteiger partial charge in [0.05, 0.1) is 17.7 Å². The predicted molar refractivity (Wildman–Crippen MR) is 116 cm³/mol. The number of rotatable bonds is 3. The minimum absolute atomic E-state index is 0.00219. The molecule has 3 aromatic rings. The second-order valence-electron chi connectivity index (χ2n) is 7.06. The average molecular weight is 421 g/mol. The van der Waals surface area contributed by atoms with Crippen molar-refractivity contribution in [2.75, 3.05) is 6.54 Å². The van der Waals surface area contributed by atoms with E-state index in [1.807, 2.05) is 53.4 Å². The highest BCUT2D eigenvalue weighted by molar-refractivity contribution is 6.33. The molecule has 1 amide bonds. The Kier molecular flexibility index (Phi) is 5.58. The highest BCUT2D eigenvalue weighted by Crippen LogP contribution is 2.37. The molecule has 0 saturated carbocycles. The zero-order chi connectivity index (χ0) is 20.4. The number of likely N-dealkylation sites (tertiary alicyclic amines) is 1. The molecule has 0 bridgehead atoms. The first-order valence-corrected chi connectivity index (χ1v) is 10.2. The maximum absolute atomic E-state index is 13.2. The van der Waals surface area contributed by atoms with Gasteiger partial charge >= 0.3 is 0 Å². The second kappa shape index (κ2) is 8.29. The van der Waals surface area contributed by atoms with Gasteiger partial charge in [-0.3, -0.25) is 4.79 Å². The lowest BCUT2D eigenvalue weighted by Crippen LogP contribution is -2.30. The van der Waals surface area contributed by atoms with E-state index in [1.165, 1.54) is 0 Å². The third kappa shape index (κ3) is 3.87. The number of nitriles is 1. The van der Waals surface area contributed by atoms with Crippen molar-refractivity contribution < 1.29 is 4.79 Å². The lowest BCUT2D eigenvalue weighted by molar-refractivity contribution is 0.0736. The normalized spacial score (nSPS) is 15.9. The van der Waals surface area contributed by atoms with E-state index in [0.29, 0.717) is 27.7 Å². The van der Waals surface area contributed by atoms with Crippen LogP contribution in [0, 0.1) is 11.3 Å². The van der Waals surface area contributed by atoms with Crippen LogP contribution in [0.15, 0.2) is 66.7 Å². The number of hydrogen-bond donors (Lipinski definition) is 0. The molecule has 1 heterocycles. The Labute approximate surface area is 180 Å². The predicted octanol–water partition coefficient (Wildman–Crippen LogP) is 6.51. The van der Waals surface area contributed by atoms with Crippen LogP contribution in [0.1, 0.15) is 40.4 Å². The number of hydrogen-bond acceptors (Lipinski definition) is 2. The van der Waals surface area contributed by atoms with Gasteiger partial charge in [-0.25, -0.2) is 0 Å². The summed E-state index contributed by atoms with van der Waals surface area (Å²) in [7, 11) is 0. The first-order chi connectivity index (χ1) is 14.1. The Balaban J connectivity index is 1.60. The van der Waals surface area contributed by atoms with E-state index >= 15 is 0 Å². The standard InChI is InChI=1S/C24H18Cl2N2O/c25-21-5-2-1-4-19(21)23-6-3-13-28(23)24(29)18-10-8-17(9-11-18)20-14-16(15-27)7-12-22(20)26/h1-2,4-5,7-12,14,23H,3,6,13H2/t23-/m1/s1. The van der Waals surface area contributed by atoms with Gasteiger partial charge in [0.2, 0.25) is 0 Å². The van der Waals surface area contributed by atoms with Gasteiger partial charge < -0.3 is 4.90 Å². The van der Waals surface area contributed by atoms with Crippen LogP contribution in [-0.2, 0) is 0 Å². The molecular weight excluding hydrogens is 403 g/mol. The van der Waals surface area contributed by atoms with Crippen molar-refractivity contribution in [1.82, 2.24) is 4.90 Å². The van der Waals surface area contributed by atoms with E-state index in [2.05, 4.69) is 6.07 Å². The zero-order valence-corrected chi connectivity index (χ0v) is 17.1. The maximum Gasteiger partial charge on any atom is 0.254 e. The molecule has 4 rings (SSSR count). The van der Waals surface area contributed by atoms with Gasteiger partial charge in [0.25, 0.3) is 5.91 Å². The summed E-state index contributed by atoms with van der Waals surface area (Å²) in [6, 6.07) is 22.4. The number of benzene rings is 3. The fourth-order valence-corrected chi connectivity index (χ4v) is 4.34. The van der Waals surface area contributed by atoms with Crippen molar-refractivity contribution in [3.05, 3.63) is 93.5 Å². The van der Waals surface area contributed by atoms with Crippen LogP contribution in [0.3, 0.4) is 0 Å². The topological polar surface area (TPSA) is 44.1 Å². The quantitative estimate of drug-likeness (QED) is 0.484. The van der Waals surface area contributed by atoms with Gasteiger partial charge in [0, 0.05) is 27.7 Å². The summed E-state index contributed by atoms with van der Waals surface area (Å²) in [5, 5.41) is 10.4. The smallest absolute Gasteiger partial charge is 0.254 e. The van der Waals surface area contributed by atoms with Crippen molar-refractivity contribution in [3.8, 4) is 17.2 Å². The van der Waals surface area contributed by atoms with Crippen LogP contribution in [0.4, 0.5) is 0 Å². The van der Waals surface area contributed by atoms with E-state index in [1.54, 1.807) is 18.2 Å². The molecule has 0 radical (unpaired) electrons. The molecule has 29 heavy (non-hydrogen) atoms. The van der Waals surface area contributed by atoms with Gasteiger partial charge in [-0.15, -0.1) is 0 Å². The SMILES string of the molecule is N#Cc1ccc(Cl)c(-c2ccc(C(=O)N3CCC[C@@H]3c3ccccc3Cl)cc2)c1. The summed E-state index contributed by atoms with van der Waals surface area (Å²) in [4.78, 5) is 15.1. The van der Waals surface area contributed by atoms with E-state index in [0.717, 1.165) is 29.5 Å². The highest BCUT2D eigenvalue weighted by atomic mass is 35.5. The molecule has 1 fully saturated rings. The molecule has 3 aromatic carbocycles. The largest absolute Gasteiger partial charge is 0.332 e. The molecule has 0 aromatic heterocycles. The van der Waals surface area contributed by atoms with Crippen molar-refractivity contribution in [2.24, 2.45) is 0 Å². The third-order valence-electron chi connectivity index (χ3n) is 5.32. The number of carbonyl (C=O) groups excluding carboxylic acids is 1. The number of halogens is 2. The zero-order valence-electron chi connectivity index (χ0n) is 15.6. The summed E-state index contributed by atoms with van der Waals surface area (Å²) < 4.78 is 0. The molecule has 1 atom stereocenters.